The van der Waals surface area contributed by atoms with Gasteiger partial charge in [-0.05, 0) is 20.8 Å². The van der Waals surface area contributed by atoms with Crippen molar-refractivity contribution in [1.82, 2.24) is 9.97 Å². The summed E-state index contributed by atoms with van der Waals surface area (Å²) in [5.41, 5.74) is 1.00. The first kappa shape index (κ1) is 14.9. The summed E-state index contributed by atoms with van der Waals surface area (Å²) >= 11 is 0. The maximum Gasteiger partial charge on any atom is 0.134 e. The predicted molar refractivity (Wildman–Crippen MR) is 77.7 cm³/mol. The van der Waals surface area contributed by atoms with E-state index in [2.05, 4.69) is 20.6 Å². The van der Waals surface area contributed by atoms with Crippen molar-refractivity contribution < 1.29 is 4.21 Å². The van der Waals surface area contributed by atoms with Crippen LogP contribution >= 0.6 is 0 Å². The van der Waals surface area contributed by atoms with E-state index >= 15 is 0 Å². The van der Waals surface area contributed by atoms with Crippen LogP contribution in [0.25, 0.3) is 0 Å². The number of aryl methyl sites for hydroxylation is 1. The van der Waals surface area contributed by atoms with E-state index in [-0.39, 0.29) is 0 Å². The van der Waals surface area contributed by atoms with Crippen molar-refractivity contribution in [2.24, 2.45) is 0 Å². The highest BCUT2D eigenvalue weighted by Gasteiger charge is 2.08. The molecule has 0 aliphatic heterocycles. The summed E-state index contributed by atoms with van der Waals surface area (Å²) in [6.07, 6.45) is 0. The van der Waals surface area contributed by atoms with Crippen LogP contribution < -0.4 is 10.6 Å². The molecule has 1 rings (SSSR count). The maximum absolute atomic E-state index is 11.3. The van der Waals surface area contributed by atoms with Crippen LogP contribution in [0.2, 0.25) is 0 Å². The molecule has 1 aromatic heterocycles. The molecule has 0 bridgehead atoms. The summed E-state index contributed by atoms with van der Waals surface area (Å²) in [4.78, 5) is 8.74. The smallest absolute Gasteiger partial charge is 0.134 e. The lowest BCUT2D eigenvalue weighted by atomic mass is 10.3. The number of hydrogen-bond donors (Lipinski definition) is 2. The zero-order valence-corrected chi connectivity index (χ0v) is 12.4. The van der Waals surface area contributed by atoms with Crippen molar-refractivity contribution in [3.8, 4) is 0 Å². The highest BCUT2D eigenvalue weighted by Crippen LogP contribution is 2.19. The summed E-state index contributed by atoms with van der Waals surface area (Å²) in [5.74, 6) is 3.77. The van der Waals surface area contributed by atoms with Gasteiger partial charge in [0.25, 0.3) is 0 Å². The van der Waals surface area contributed by atoms with Gasteiger partial charge in [-0.3, -0.25) is 4.21 Å². The zero-order valence-electron chi connectivity index (χ0n) is 11.5. The molecule has 0 aliphatic rings. The lowest BCUT2D eigenvalue weighted by molar-refractivity contribution is 0.684. The van der Waals surface area contributed by atoms with E-state index in [1.165, 1.54) is 0 Å². The average molecular weight is 270 g/mol. The average Bonchev–Trinajstić information content (AvgIpc) is 2.34. The van der Waals surface area contributed by atoms with Crippen LogP contribution in [-0.4, -0.2) is 38.8 Å². The van der Waals surface area contributed by atoms with Crippen LogP contribution in [0.15, 0.2) is 0 Å². The molecule has 0 radical (unpaired) electrons. The second-order valence-corrected chi connectivity index (χ2v) is 5.85. The number of anilines is 2. The molecule has 0 saturated carbocycles. The van der Waals surface area contributed by atoms with E-state index in [1.807, 2.05) is 27.7 Å². The Morgan fingerprint density at radius 2 is 1.72 bits per heavy atom. The normalized spacial score (nSPS) is 12.2. The first-order chi connectivity index (χ1) is 8.58. The van der Waals surface area contributed by atoms with Gasteiger partial charge in [0.1, 0.15) is 17.5 Å². The van der Waals surface area contributed by atoms with Crippen molar-refractivity contribution in [2.45, 2.75) is 27.7 Å². The third-order valence-corrected chi connectivity index (χ3v) is 3.85. The predicted octanol–water partition coefficient (Wildman–Crippen LogP) is 1.71. The standard InChI is InChI=1S/C12H22N4OS/c1-5-13-11-9(3)12(16-10(4)15-11)14-7-8-18(17)6-2/h5-8H2,1-4H3,(H2,13,14,15,16). The van der Waals surface area contributed by atoms with E-state index < -0.39 is 10.8 Å². The fourth-order valence-corrected chi connectivity index (χ4v) is 2.19. The number of nitrogens with one attached hydrogen (secondary N) is 2. The van der Waals surface area contributed by atoms with Crippen molar-refractivity contribution in [3.05, 3.63) is 11.4 Å². The van der Waals surface area contributed by atoms with Gasteiger partial charge in [0.15, 0.2) is 0 Å². The van der Waals surface area contributed by atoms with Crippen LogP contribution in [0.5, 0.6) is 0 Å². The van der Waals surface area contributed by atoms with E-state index in [4.69, 9.17) is 0 Å². The Morgan fingerprint density at radius 1 is 1.11 bits per heavy atom. The van der Waals surface area contributed by atoms with Crippen LogP contribution in [0.3, 0.4) is 0 Å². The Bertz CT molecular complexity index is 423. The molecule has 1 atom stereocenters. The van der Waals surface area contributed by atoms with Crippen LogP contribution in [0.4, 0.5) is 11.6 Å². The second-order valence-electron chi connectivity index (χ2n) is 3.98. The van der Waals surface area contributed by atoms with Crippen molar-refractivity contribution in [3.63, 3.8) is 0 Å². The van der Waals surface area contributed by atoms with E-state index in [1.54, 1.807) is 0 Å². The van der Waals surface area contributed by atoms with Crippen LogP contribution in [0.1, 0.15) is 25.2 Å². The van der Waals surface area contributed by atoms with E-state index in [9.17, 15) is 4.21 Å². The largest absolute Gasteiger partial charge is 0.370 e. The lowest BCUT2D eigenvalue weighted by Crippen LogP contribution is -2.15. The summed E-state index contributed by atoms with van der Waals surface area (Å²) in [7, 11) is -0.743. The zero-order chi connectivity index (χ0) is 13.5. The molecule has 6 heteroatoms. The molecule has 0 aromatic carbocycles. The van der Waals surface area contributed by atoms with Crippen LogP contribution in [0, 0.1) is 13.8 Å². The minimum atomic E-state index is -0.743. The highest BCUT2D eigenvalue weighted by atomic mass is 32.2. The van der Waals surface area contributed by atoms with Gasteiger partial charge in [0.05, 0.1) is 0 Å². The molecule has 0 amide bonds. The molecule has 18 heavy (non-hydrogen) atoms. The first-order valence-corrected chi connectivity index (χ1v) is 7.75. The summed E-state index contributed by atoms with van der Waals surface area (Å²) in [6, 6.07) is 0. The SMILES string of the molecule is CCNc1nc(C)nc(NCCS(=O)CC)c1C. The summed E-state index contributed by atoms with van der Waals surface area (Å²) in [6.45, 7) is 9.32. The third-order valence-electron chi connectivity index (χ3n) is 2.55. The Morgan fingerprint density at radius 3 is 2.28 bits per heavy atom. The van der Waals surface area contributed by atoms with Crippen molar-refractivity contribution in [2.75, 3.05) is 35.2 Å². The molecule has 1 heterocycles. The highest BCUT2D eigenvalue weighted by molar-refractivity contribution is 7.84. The minimum Gasteiger partial charge on any atom is -0.370 e. The number of aromatic nitrogens is 2. The molecular formula is C12H22N4OS. The molecular weight excluding hydrogens is 248 g/mol. The van der Waals surface area contributed by atoms with Gasteiger partial charge in [-0.1, -0.05) is 6.92 Å². The van der Waals surface area contributed by atoms with Gasteiger partial charge in [-0.25, -0.2) is 9.97 Å². The number of rotatable bonds is 7. The molecule has 1 unspecified atom stereocenters. The summed E-state index contributed by atoms with van der Waals surface area (Å²) in [5, 5.41) is 6.45. The van der Waals surface area contributed by atoms with Gasteiger partial charge >= 0.3 is 0 Å². The molecule has 0 saturated heterocycles. The van der Waals surface area contributed by atoms with Gasteiger partial charge in [-0.15, -0.1) is 0 Å². The molecule has 102 valence electrons. The Kier molecular flexibility index (Phi) is 6.04. The number of hydrogen-bond acceptors (Lipinski definition) is 5. The monoisotopic (exact) mass is 270 g/mol. The fraction of sp³-hybridized carbons (Fsp3) is 0.667. The number of nitrogens with zero attached hydrogens (tertiary/aromatic N) is 2. The maximum atomic E-state index is 11.3. The van der Waals surface area contributed by atoms with Gasteiger partial charge in [0, 0.05) is 41.0 Å². The topological polar surface area (TPSA) is 66.9 Å². The molecule has 0 fully saturated rings. The minimum absolute atomic E-state index is 0.648. The molecule has 1 aromatic rings. The van der Waals surface area contributed by atoms with Crippen molar-refractivity contribution >= 4 is 22.4 Å². The van der Waals surface area contributed by atoms with Crippen molar-refractivity contribution in [1.29, 1.82) is 0 Å². The van der Waals surface area contributed by atoms with Gasteiger partial charge in [0.2, 0.25) is 0 Å². The molecule has 0 aliphatic carbocycles. The molecule has 2 N–H and O–H groups in total. The van der Waals surface area contributed by atoms with E-state index in [0.717, 1.165) is 29.6 Å². The van der Waals surface area contributed by atoms with Crippen LogP contribution in [-0.2, 0) is 10.8 Å². The third kappa shape index (κ3) is 4.25. The lowest BCUT2D eigenvalue weighted by Gasteiger charge is -2.13. The molecule has 5 nitrogen and oxygen atoms in total. The Labute approximate surface area is 111 Å². The van der Waals surface area contributed by atoms with Gasteiger partial charge < -0.3 is 10.6 Å². The quantitative estimate of drug-likeness (QED) is 0.789. The Hall–Kier alpha value is -1.17. The molecule has 0 spiro atoms. The fourth-order valence-electron chi connectivity index (χ4n) is 1.57. The Balaban J connectivity index is 2.72. The first-order valence-electron chi connectivity index (χ1n) is 6.26. The van der Waals surface area contributed by atoms with Gasteiger partial charge in [-0.2, -0.15) is 0 Å². The summed E-state index contributed by atoms with van der Waals surface area (Å²) < 4.78 is 11.3. The second kappa shape index (κ2) is 7.31. The van der Waals surface area contributed by atoms with E-state index in [0.29, 0.717) is 18.1 Å².